The Morgan fingerprint density at radius 2 is 1.74 bits per heavy atom. The van der Waals surface area contributed by atoms with Crippen LogP contribution in [0.3, 0.4) is 0 Å². The van der Waals surface area contributed by atoms with Crippen LogP contribution in [0.15, 0.2) is 48.5 Å². The summed E-state index contributed by atoms with van der Waals surface area (Å²) in [5.74, 6) is 2.33. The largest absolute Gasteiger partial charge is 0.493 e. The molecule has 1 saturated heterocycles. The Labute approximate surface area is 183 Å². The molecule has 0 amide bonds. The van der Waals surface area contributed by atoms with Gasteiger partial charge in [0.15, 0.2) is 17.5 Å². The molecule has 1 atom stereocenters. The van der Waals surface area contributed by atoms with Crippen molar-refractivity contribution in [3.63, 3.8) is 0 Å². The first-order valence-electron chi connectivity index (χ1n) is 10.9. The van der Waals surface area contributed by atoms with Crippen LogP contribution in [0.5, 0.6) is 11.5 Å². The van der Waals surface area contributed by atoms with E-state index >= 15 is 0 Å². The highest BCUT2D eigenvalue weighted by molar-refractivity contribution is 5.48. The smallest absolute Gasteiger partial charge is 0.214 e. The van der Waals surface area contributed by atoms with E-state index in [0.29, 0.717) is 6.54 Å². The number of rotatable bonds is 8. The summed E-state index contributed by atoms with van der Waals surface area (Å²) in [5.41, 5.74) is 2.23. The fourth-order valence-corrected chi connectivity index (χ4v) is 4.54. The van der Waals surface area contributed by atoms with Gasteiger partial charge in [-0.3, -0.25) is 0 Å². The predicted molar refractivity (Wildman–Crippen MR) is 117 cm³/mol. The number of hydrogen-bond donors (Lipinski definition) is 2. The Bertz CT molecular complexity index is 969. The third kappa shape index (κ3) is 4.55. The molecule has 1 aliphatic heterocycles. The van der Waals surface area contributed by atoms with Gasteiger partial charge >= 0.3 is 0 Å². The van der Waals surface area contributed by atoms with E-state index in [-0.39, 0.29) is 6.04 Å². The number of methoxy groups -OCH3 is 2. The number of piperazine rings is 1. The Morgan fingerprint density at radius 3 is 2.42 bits per heavy atom. The van der Waals surface area contributed by atoms with E-state index in [1.165, 1.54) is 10.5 Å². The summed E-state index contributed by atoms with van der Waals surface area (Å²) in [5, 5.41) is 12.9. The maximum absolute atomic E-state index is 5.82. The number of benzene rings is 2. The summed E-state index contributed by atoms with van der Waals surface area (Å²) in [6.07, 6.45) is 0. The zero-order chi connectivity index (χ0) is 21.6. The minimum absolute atomic E-state index is 0.0397. The predicted octanol–water partition coefficient (Wildman–Crippen LogP) is -0.369. The SMILES string of the molecule is CC[NH+]1CC[NH+]([C@H](c2cccc(OC)c2OC)c2nnnn2Cc2ccccc2)CC1. The lowest BCUT2D eigenvalue weighted by Gasteiger charge is -2.34. The van der Waals surface area contributed by atoms with E-state index in [4.69, 9.17) is 9.47 Å². The summed E-state index contributed by atoms with van der Waals surface area (Å²) in [4.78, 5) is 3.09. The summed E-state index contributed by atoms with van der Waals surface area (Å²) < 4.78 is 13.3. The van der Waals surface area contributed by atoms with Crippen LogP contribution in [0.25, 0.3) is 0 Å². The van der Waals surface area contributed by atoms with Crippen molar-refractivity contribution in [1.82, 2.24) is 20.2 Å². The molecule has 0 unspecified atom stereocenters. The van der Waals surface area contributed by atoms with Crippen molar-refractivity contribution in [1.29, 1.82) is 0 Å². The van der Waals surface area contributed by atoms with Gasteiger partial charge in [-0.15, -0.1) is 5.10 Å². The highest BCUT2D eigenvalue weighted by Crippen LogP contribution is 2.35. The lowest BCUT2D eigenvalue weighted by Crippen LogP contribution is -3.28. The standard InChI is InChI=1S/C23H30N6O2/c1-4-27-13-15-28(16-14-27)21(19-11-8-12-20(30-2)22(19)31-3)23-24-25-26-29(23)17-18-9-6-5-7-10-18/h5-12,21H,4,13-17H2,1-3H3/p+2/t21-/m1/s1. The number of likely N-dealkylation sites (N-methyl/N-ethyl adjacent to an activating group) is 1. The van der Waals surface area contributed by atoms with Crippen LogP contribution in [0.2, 0.25) is 0 Å². The topological polar surface area (TPSA) is 70.9 Å². The normalized spacial score (nSPS) is 19.7. The molecule has 31 heavy (non-hydrogen) atoms. The lowest BCUT2D eigenvalue weighted by atomic mass is 10.0. The third-order valence-corrected chi connectivity index (χ3v) is 6.24. The molecule has 0 spiro atoms. The number of ether oxygens (including phenoxy) is 2. The van der Waals surface area contributed by atoms with E-state index in [1.54, 1.807) is 19.1 Å². The maximum Gasteiger partial charge on any atom is 0.214 e. The van der Waals surface area contributed by atoms with E-state index in [9.17, 15) is 0 Å². The van der Waals surface area contributed by atoms with Gasteiger partial charge in [0.2, 0.25) is 5.82 Å². The van der Waals surface area contributed by atoms with Crippen molar-refractivity contribution in [2.24, 2.45) is 0 Å². The van der Waals surface area contributed by atoms with Crippen molar-refractivity contribution < 1.29 is 19.3 Å². The van der Waals surface area contributed by atoms with Crippen LogP contribution in [0.1, 0.15) is 29.9 Å². The van der Waals surface area contributed by atoms with Crippen molar-refractivity contribution in [3.8, 4) is 11.5 Å². The summed E-state index contributed by atoms with van der Waals surface area (Å²) in [6, 6.07) is 16.3. The highest BCUT2D eigenvalue weighted by Gasteiger charge is 2.37. The van der Waals surface area contributed by atoms with Gasteiger partial charge < -0.3 is 19.3 Å². The number of aromatic nitrogens is 4. The molecule has 2 aromatic carbocycles. The summed E-state index contributed by atoms with van der Waals surface area (Å²) in [7, 11) is 3.37. The fourth-order valence-electron chi connectivity index (χ4n) is 4.54. The van der Waals surface area contributed by atoms with Gasteiger partial charge in [-0.05, 0) is 35.0 Å². The van der Waals surface area contributed by atoms with E-state index in [0.717, 1.165) is 55.6 Å². The number of nitrogens with one attached hydrogen (secondary N) is 2. The fraction of sp³-hybridized carbons (Fsp3) is 0.435. The summed E-state index contributed by atoms with van der Waals surface area (Å²) >= 11 is 0. The average Bonchev–Trinajstić information content (AvgIpc) is 3.27. The zero-order valence-corrected chi connectivity index (χ0v) is 18.5. The van der Waals surface area contributed by atoms with Gasteiger partial charge in [-0.1, -0.05) is 36.4 Å². The molecule has 0 bridgehead atoms. The van der Waals surface area contributed by atoms with Crippen molar-refractivity contribution in [3.05, 3.63) is 65.5 Å². The molecule has 8 heteroatoms. The molecule has 0 radical (unpaired) electrons. The van der Waals surface area contributed by atoms with Crippen LogP contribution >= 0.6 is 0 Å². The van der Waals surface area contributed by atoms with Gasteiger partial charge in [0.05, 0.1) is 32.9 Å². The molecule has 8 nitrogen and oxygen atoms in total. The number of nitrogens with zero attached hydrogens (tertiary/aromatic N) is 4. The second-order valence-corrected chi connectivity index (χ2v) is 7.96. The van der Waals surface area contributed by atoms with Crippen molar-refractivity contribution in [2.75, 3.05) is 46.9 Å². The van der Waals surface area contributed by atoms with Crippen LogP contribution in [-0.2, 0) is 6.54 Å². The Hall–Kier alpha value is -2.97. The second-order valence-electron chi connectivity index (χ2n) is 7.96. The third-order valence-electron chi connectivity index (χ3n) is 6.24. The molecular weight excluding hydrogens is 392 g/mol. The molecule has 4 rings (SSSR count). The van der Waals surface area contributed by atoms with Crippen LogP contribution in [-0.4, -0.2) is 67.2 Å². The Morgan fingerprint density at radius 1 is 0.968 bits per heavy atom. The Kier molecular flexibility index (Phi) is 6.79. The van der Waals surface area contributed by atoms with Crippen molar-refractivity contribution >= 4 is 0 Å². The van der Waals surface area contributed by atoms with Crippen LogP contribution < -0.4 is 19.3 Å². The van der Waals surface area contributed by atoms with E-state index < -0.39 is 0 Å². The first-order valence-corrected chi connectivity index (χ1v) is 10.9. The first-order chi connectivity index (χ1) is 15.2. The molecule has 1 aromatic heterocycles. The number of para-hydroxylation sites is 1. The van der Waals surface area contributed by atoms with Gasteiger partial charge in [0.1, 0.15) is 26.2 Å². The molecule has 0 saturated carbocycles. The zero-order valence-electron chi connectivity index (χ0n) is 18.5. The van der Waals surface area contributed by atoms with Crippen LogP contribution in [0.4, 0.5) is 0 Å². The maximum atomic E-state index is 5.82. The lowest BCUT2D eigenvalue weighted by molar-refractivity contribution is -1.02. The Balaban J connectivity index is 1.75. The number of tetrazole rings is 1. The van der Waals surface area contributed by atoms with Crippen LogP contribution in [0, 0.1) is 0 Å². The molecule has 164 valence electrons. The second kappa shape index (κ2) is 9.89. The molecule has 0 aliphatic carbocycles. The van der Waals surface area contributed by atoms with Gasteiger partial charge in [-0.2, -0.15) is 0 Å². The molecule has 1 aliphatic rings. The van der Waals surface area contributed by atoms with Gasteiger partial charge in [0, 0.05) is 0 Å². The number of hydrogen-bond acceptors (Lipinski definition) is 5. The molecule has 2 heterocycles. The summed E-state index contributed by atoms with van der Waals surface area (Å²) in [6.45, 7) is 8.41. The van der Waals surface area contributed by atoms with Gasteiger partial charge in [0.25, 0.3) is 0 Å². The highest BCUT2D eigenvalue weighted by atomic mass is 16.5. The number of quaternary nitrogens is 2. The van der Waals surface area contributed by atoms with Crippen molar-refractivity contribution in [2.45, 2.75) is 19.5 Å². The minimum Gasteiger partial charge on any atom is -0.493 e. The first kappa shape index (κ1) is 21.3. The average molecular weight is 425 g/mol. The van der Waals surface area contributed by atoms with E-state index in [1.807, 2.05) is 35.0 Å². The molecular formula is C23H32N6O2+2. The van der Waals surface area contributed by atoms with E-state index in [2.05, 4.69) is 40.6 Å². The molecule has 2 N–H and O–H groups in total. The quantitative estimate of drug-likeness (QED) is 0.517. The monoisotopic (exact) mass is 424 g/mol. The molecule has 1 fully saturated rings. The minimum atomic E-state index is -0.0397. The van der Waals surface area contributed by atoms with Gasteiger partial charge in [-0.25, -0.2) is 4.68 Å². The molecule has 3 aromatic rings.